The van der Waals surface area contributed by atoms with E-state index in [-0.39, 0.29) is 17.5 Å². The zero-order valence-corrected chi connectivity index (χ0v) is 14.7. The minimum absolute atomic E-state index is 0.0567. The van der Waals surface area contributed by atoms with Crippen LogP contribution in [0.15, 0.2) is 29.3 Å². The summed E-state index contributed by atoms with van der Waals surface area (Å²) < 4.78 is 0. The number of likely N-dealkylation sites (tertiary alicyclic amines) is 1. The molecule has 26 heavy (non-hydrogen) atoms. The Hall–Kier alpha value is -2.77. The van der Waals surface area contributed by atoms with Gasteiger partial charge in [-0.2, -0.15) is 0 Å². The van der Waals surface area contributed by atoms with Crippen molar-refractivity contribution in [1.82, 2.24) is 15.5 Å². The molecule has 8 heteroatoms. The molecule has 1 aromatic rings. The molecule has 4 rings (SSSR count). The van der Waals surface area contributed by atoms with Gasteiger partial charge >= 0.3 is 6.03 Å². The third kappa shape index (κ3) is 3.18. The van der Waals surface area contributed by atoms with Gasteiger partial charge < -0.3 is 21.3 Å². The Morgan fingerprint density at radius 3 is 2.50 bits per heavy atom. The lowest BCUT2D eigenvalue weighted by molar-refractivity contribution is -0.132. The van der Waals surface area contributed by atoms with E-state index in [2.05, 4.69) is 15.6 Å². The van der Waals surface area contributed by atoms with E-state index in [0.29, 0.717) is 32.0 Å². The van der Waals surface area contributed by atoms with E-state index in [1.54, 1.807) is 4.90 Å². The molecule has 1 aromatic carbocycles. The number of aliphatic imine (C=N–C) groups is 1. The Morgan fingerprint density at radius 2 is 1.92 bits per heavy atom. The van der Waals surface area contributed by atoms with Crippen molar-refractivity contribution in [3.63, 3.8) is 0 Å². The summed E-state index contributed by atoms with van der Waals surface area (Å²) in [5.74, 6) is 0.648. The lowest BCUT2D eigenvalue weighted by atomic mass is 9.88. The zero-order chi connectivity index (χ0) is 18.1. The first kappa shape index (κ1) is 16.7. The van der Waals surface area contributed by atoms with E-state index in [9.17, 15) is 9.59 Å². The molecule has 8 nitrogen and oxygen atoms in total. The highest BCUT2D eigenvalue weighted by molar-refractivity contribution is 5.94. The predicted molar refractivity (Wildman–Crippen MR) is 99.1 cm³/mol. The third-order valence-electron chi connectivity index (χ3n) is 5.48. The van der Waals surface area contributed by atoms with Crippen LogP contribution in [-0.4, -0.2) is 61.1 Å². The second kappa shape index (κ2) is 6.51. The Morgan fingerprint density at radius 1 is 1.19 bits per heavy atom. The number of hydrogen-bond acceptors (Lipinski definition) is 5. The Balaban J connectivity index is 1.32. The maximum Gasteiger partial charge on any atom is 0.321 e. The molecule has 0 saturated carbocycles. The van der Waals surface area contributed by atoms with Gasteiger partial charge in [-0.1, -0.05) is 12.1 Å². The van der Waals surface area contributed by atoms with Gasteiger partial charge in [0, 0.05) is 31.9 Å². The highest BCUT2D eigenvalue weighted by Gasteiger charge is 2.38. The van der Waals surface area contributed by atoms with Crippen molar-refractivity contribution in [3.05, 3.63) is 29.8 Å². The second-order valence-corrected chi connectivity index (χ2v) is 7.21. The normalized spacial score (nSPS) is 21.5. The summed E-state index contributed by atoms with van der Waals surface area (Å²) in [4.78, 5) is 32.2. The van der Waals surface area contributed by atoms with Crippen LogP contribution in [0.4, 0.5) is 10.5 Å². The van der Waals surface area contributed by atoms with Crippen LogP contribution in [0.1, 0.15) is 18.4 Å². The molecule has 0 radical (unpaired) electrons. The number of hydrogen-bond donors (Lipinski definition) is 3. The Kier molecular flexibility index (Phi) is 4.18. The first-order chi connectivity index (χ1) is 12.5. The maximum absolute atomic E-state index is 12.6. The number of carbonyl (C=O) groups excluding carboxylic acids is 2. The summed E-state index contributed by atoms with van der Waals surface area (Å²) in [7, 11) is 0. The molecule has 0 unspecified atom stereocenters. The Bertz CT molecular complexity index is 737. The third-order valence-corrected chi connectivity index (χ3v) is 5.48. The maximum atomic E-state index is 12.6. The molecule has 138 valence electrons. The van der Waals surface area contributed by atoms with Crippen molar-refractivity contribution in [2.75, 3.05) is 37.6 Å². The highest BCUT2D eigenvalue weighted by Crippen LogP contribution is 2.26. The fraction of sp³-hybridized carbons (Fsp3) is 0.500. The highest BCUT2D eigenvalue weighted by atomic mass is 16.2. The molecule has 3 aliphatic rings. The molecule has 3 aliphatic heterocycles. The first-order valence-electron chi connectivity index (χ1n) is 9.05. The van der Waals surface area contributed by atoms with Crippen LogP contribution in [0.25, 0.3) is 0 Å². The van der Waals surface area contributed by atoms with E-state index in [1.165, 1.54) is 0 Å². The number of anilines is 1. The lowest BCUT2D eigenvalue weighted by Crippen LogP contribution is -2.56. The number of urea groups is 1. The van der Waals surface area contributed by atoms with Gasteiger partial charge in [0.05, 0.1) is 18.5 Å². The number of amides is 3. The number of nitrogens with zero attached hydrogens (tertiary/aromatic N) is 3. The van der Waals surface area contributed by atoms with Gasteiger partial charge in [-0.15, -0.1) is 0 Å². The van der Waals surface area contributed by atoms with Crippen molar-refractivity contribution >= 4 is 23.6 Å². The van der Waals surface area contributed by atoms with Gasteiger partial charge in [-0.25, -0.2) is 4.79 Å². The fourth-order valence-corrected chi connectivity index (χ4v) is 3.85. The summed E-state index contributed by atoms with van der Waals surface area (Å²) >= 11 is 0. The molecular weight excluding hydrogens is 332 g/mol. The van der Waals surface area contributed by atoms with E-state index in [1.807, 2.05) is 29.2 Å². The van der Waals surface area contributed by atoms with Crippen LogP contribution in [0.5, 0.6) is 0 Å². The lowest BCUT2D eigenvalue weighted by Gasteiger charge is -2.39. The second-order valence-electron chi connectivity index (χ2n) is 7.21. The Labute approximate surface area is 152 Å². The number of piperidine rings is 1. The van der Waals surface area contributed by atoms with E-state index >= 15 is 0 Å². The van der Waals surface area contributed by atoms with Crippen LogP contribution in [0.2, 0.25) is 0 Å². The molecule has 0 aromatic heterocycles. The summed E-state index contributed by atoms with van der Waals surface area (Å²) in [5.41, 5.74) is 7.50. The first-order valence-corrected chi connectivity index (χ1v) is 9.05. The van der Waals surface area contributed by atoms with Crippen LogP contribution in [0, 0.1) is 0 Å². The summed E-state index contributed by atoms with van der Waals surface area (Å²) in [6.07, 6.45) is 2.11. The van der Waals surface area contributed by atoms with Crippen molar-refractivity contribution in [3.8, 4) is 0 Å². The van der Waals surface area contributed by atoms with Crippen molar-refractivity contribution in [2.45, 2.75) is 24.8 Å². The number of rotatable bonds is 3. The number of carbonyl (C=O) groups is 2. The van der Waals surface area contributed by atoms with Gasteiger partial charge in [0.1, 0.15) is 0 Å². The monoisotopic (exact) mass is 356 g/mol. The van der Waals surface area contributed by atoms with Gasteiger partial charge in [-0.3, -0.25) is 14.7 Å². The molecule has 0 atom stereocenters. The molecule has 0 bridgehead atoms. The predicted octanol–water partition coefficient (Wildman–Crippen LogP) is 0.0378. The van der Waals surface area contributed by atoms with Crippen molar-refractivity contribution in [1.29, 1.82) is 0 Å². The molecular formula is C18H24N6O2. The number of nitrogens with two attached hydrogens (primary N) is 1. The number of benzene rings is 1. The van der Waals surface area contributed by atoms with Gasteiger partial charge in [-0.05, 0) is 30.5 Å². The fourth-order valence-electron chi connectivity index (χ4n) is 3.85. The quantitative estimate of drug-likeness (QED) is 0.711. The molecule has 3 amide bonds. The van der Waals surface area contributed by atoms with Gasteiger partial charge in [0.2, 0.25) is 5.91 Å². The van der Waals surface area contributed by atoms with Gasteiger partial charge in [0.15, 0.2) is 5.96 Å². The number of guanidine groups is 1. The van der Waals surface area contributed by atoms with Crippen molar-refractivity contribution in [2.24, 2.45) is 10.7 Å². The molecule has 0 aliphatic carbocycles. The minimum Gasteiger partial charge on any atom is -0.370 e. The van der Waals surface area contributed by atoms with E-state index < -0.39 is 0 Å². The topological polar surface area (TPSA) is 103 Å². The average molecular weight is 356 g/mol. The minimum atomic E-state index is -0.0683. The van der Waals surface area contributed by atoms with E-state index in [0.717, 1.165) is 37.2 Å². The molecule has 1 spiro atoms. The van der Waals surface area contributed by atoms with Crippen LogP contribution < -0.4 is 21.3 Å². The molecule has 2 saturated heterocycles. The smallest absolute Gasteiger partial charge is 0.321 e. The average Bonchev–Trinajstić information content (AvgIpc) is 3.22. The van der Waals surface area contributed by atoms with Crippen LogP contribution in [0.3, 0.4) is 0 Å². The van der Waals surface area contributed by atoms with Crippen molar-refractivity contribution < 1.29 is 9.59 Å². The largest absolute Gasteiger partial charge is 0.370 e. The van der Waals surface area contributed by atoms with Crippen LogP contribution in [-0.2, 0) is 11.2 Å². The summed E-state index contributed by atoms with van der Waals surface area (Å²) in [5, 5.41) is 6.05. The van der Waals surface area contributed by atoms with Gasteiger partial charge in [0.25, 0.3) is 0 Å². The molecule has 3 heterocycles. The molecule has 4 N–H and O–H groups in total. The number of nitrogens with one attached hydrogen (secondary N) is 2. The molecule has 2 fully saturated rings. The SMILES string of the molecule is NC1=NCC2(CCN(C(=O)Cc3ccc(N4CCNC4=O)cc3)CC2)N1. The standard InChI is InChI=1S/C18H24N6O2/c19-16-21-12-18(22-16)5-8-23(9-6-18)15(25)11-13-1-3-14(4-2-13)24-10-7-20-17(24)26/h1-4H,5-12H2,(H,20,26)(H3,19,21,22). The summed E-state index contributed by atoms with van der Waals surface area (Å²) in [6.45, 7) is 3.49. The van der Waals surface area contributed by atoms with E-state index in [4.69, 9.17) is 5.73 Å². The summed E-state index contributed by atoms with van der Waals surface area (Å²) in [6, 6.07) is 7.60. The zero-order valence-electron chi connectivity index (χ0n) is 14.7. The van der Waals surface area contributed by atoms with Crippen LogP contribution >= 0.6 is 0 Å².